The fourth-order valence-electron chi connectivity index (χ4n) is 5.37. The van der Waals surface area contributed by atoms with Crippen molar-refractivity contribution in [3.05, 3.63) is 113 Å². The van der Waals surface area contributed by atoms with Crippen molar-refractivity contribution in [2.75, 3.05) is 11.9 Å². The number of carboxylic acids is 1. The van der Waals surface area contributed by atoms with Gasteiger partial charge in [0.25, 0.3) is 0 Å². The number of aromatic nitrogens is 2. The van der Waals surface area contributed by atoms with Crippen molar-refractivity contribution in [3.8, 4) is 5.69 Å². The van der Waals surface area contributed by atoms with E-state index in [4.69, 9.17) is 12.2 Å². The van der Waals surface area contributed by atoms with E-state index in [2.05, 4.69) is 21.7 Å². The van der Waals surface area contributed by atoms with Crippen molar-refractivity contribution in [1.29, 1.82) is 0 Å². The molecule has 0 aliphatic carbocycles. The number of nitrogens with zero attached hydrogens (tertiary/aromatic N) is 3. The average Bonchev–Trinajstić information content (AvgIpc) is 3.43. The van der Waals surface area contributed by atoms with Crippen molar-refractivity contribution in [2.24, 2.45) is 0 Å². The van der Waals surface area contributed by atoms with Gasteiger partial charge in [-0.1, -0.05) is 35.9 Å². The number of carbonyl (C=O) groups excluding carboxylic acids is 1. The Bertz CT molecular complexity index is 1570. The second kappa shape index (κ2) is 11.3. The molecule has 0 radical (unpaired) electrons. The van der Waals surface area contributed by atoms with Gasteiger partial charge in [-0.3, -0.25) is 9.78 Å². The zero-order valence-corrected chi connectivity index (χ0v) is 23.4. The van der Waals surface area contributed by atoms with Crippen LogP contribution in [0.15, 0.2) is 79.0 Å². The highest BCUT2D eigenvalue weighted by molar-refractivity contribution is 7.80. The molecule has 3 heterocycles. The maximum Gasteiger partial charge on any atom is 0.337 e. The zero-order valence-electron chi connectivity index (χ0n) is 22.6. The zero-order chi connectivity index (χ0) is 28.4. The van der Waals surface area contributed by atoms with Gasteiger partial charge in [0.05, 0.1) is 29.0 Å². The normalized spacial score (nSPS) is 16.6. The van der Waals surface area contributed by atoms with Crippen LogP contribution in [0.1, 0.15) is 57.1 Å². The highest BCUT2D eigenvalue weighted by Gasteiger charge is 2.41. The van der Waals surface area contributed by atoms with Crippen LogP contribution in [0, 0.1) is 20.8 Å². The number of carbonyl (C=O) groups is 2. The largest absolute Gasteiger partial charge is 0.478 e. The molecule has 204 valence electrons. The lowest BCUT2D eigenvalue weighted by Crippen LogP contribution is -2.32. The number of aromatic carboxylic acids is 1. The van der Waals surface area contributed by atoms with Gasteiger partial charge in [0.1, 0.15) is 0 Å². The number of nitrogens with one attached hydrogen (secondary N) is 2. The molecule has 3 N–H and O–H groups in total. The predicted molar refractivity (Wildman–Crippen MR) is 159 cm³/mol. The summed E-state index contributed by atoms with van der Waals surface area (Å²) in [5, 5.41) is 16.8. The summed E-state index contributed by atoms with van der Waals surface area (Å²) in [5.74, 6) is -1.09. The molecule has 0 bridgehead atoms. The van der Waals surface area contributed by atoms with Crippen LogP contribution >= 0.6 is 12.2 Å². The number of hydrogen-bond donors (Lipinski definition) is 3. The summed E-state index contributed by atoms with van der Waals surface area (Å²) in [4.78, 5) is 31.6. The molecule has 1 aliphatic heterocycles. The molecule has 0 unspecified atom stereocenters. The Hall–Kier alpha value is -4.50. The van der Waals surface area contributed by atoms with Gasteiger partial charge >= 0.3 is 5.97 Å². The minimum atomic E-state index is -0.985. The second-order valence-electron chi connectivity index (χ2n) is 9.97. The molecular formula is C31H31N5O3S. The number of hydrogen-bond acceptors (Lipinski definition) is 4. The Kier molecular flexibility index (Phi) is 7.66. The number of carboxylic acid groups (broad SMARTS) is 1. The summed E-state index contributed by atoms with van der Waals surface area (Å²) in [5.41, 5.74) is 6.31. The molecule has 2 aromatic heterocycles. The molecule has 1 saturated heterocycles. The summed E-state index contributed by atoms with van der Waals surface area (Å²) in [6.45, 7) is 6.35. The first kappa shape index (κ1) is 27.1. The molecule has 5 rings (SSSR count). The third kappa shape index (κ3) is 5.33. The number of thiocarbonyl (C=S) groups is 1. The summed E-state index contributed by atoms with van der Waals surface area (Å²) >= 11 is 5.79. The van der Waals surface area contributed by atoms with E-state index >= 15 is 0 Å². The van der Waals surface area contributed by atoms with Crippen molar-refractivity contribution in [1.82, 2.24) is 19.8 Å². The summed E-state index contributed by atoms with van der Waals surface area (Å²) in [6, 6.07) is 22.0. The highest BCUT2D eigenvalue weighted by Crippen LogP contribution is 2.41. The monoisotopic (exact) mass is 553 g/mol. The van der Waals surface area contributed by atoms with Crippen LogP contribution in [0.2, 0.25) is 0 Å². The van der Waals surface area contributed by atoms with Gasteiger partial charge in [-0.15, -0.1) is 0 Å². The van der Waals surface area contributed by atoms with Crippen LogP contribution in [0.25, 0.3) is 5.69 Å². The van der Waals surface area contributed by atoms with E-state index in [1.165, 1.54) is 0 Å². The quantitative estimate of drug-likeness (QED) is 0.248. The lowest BCUT2D eigenvalue weighted by atomic mass is 9.96. The topological polar surface area (TPSA) is 99.5 Å². The molecule has 1 fully saturated rings. The summed E-state index contributed by atoms with van der Waals surface area (Å²) in [7, 11) is 0. The first-order valence-corrected chi connectivity index (χ1v) is 13.5. The molecule has 2 atom stereocenters. The molecule has 4 aromatic rings. The average molecular weight is 554 g/mol. The minimum Gasteiger partial charge on any atom is -0.478 e. The Morgan fingerprint density at radius 2 is 1.75 bits per heavy atom. The molecule has 1 amide bonds. The fourth-order valence-corrected chi connectivity index (χ4v) is 5.71. The van der Waals surface area contributed by atoms with Gasteiger partial charge in [-0.2, -0.15) is 0 Å². The van der Waals surface area contributed by atoms with Crippen LogP contribution in [0.3, 0.4) is 0 Å². The molecule has 1 aliphatic rings. The van der Waals surface area contributed by atoms with Crippen LogP contribution in [0.4, 0.5) is 5.69 Å². The van der Waals surface area contributed by atoms with Crippen molar-refractivity contribution >= 4 is 34.9 Å². The Morgan fingerprint density at radius 3 is 2.45 bits per heavy atom. The van der Waals surface area contributed by atoms with Crippen molar-refractivity contribution in [2.45, 2.75) is 39.3 Å². The van der Waals surface area contributed by atoms with Gasteiger partial charge in [0, 0.05) is 36.2 Å². The molecule has 9 heteroatoms. The van der Waals surface area contributed by atoms with E-state index in [1.54, 1.807) is 18.3 Å². The molecular weight excluding hydrogens is 522 g/mol. The van der Waals surface area contributed by atoms with Gasteiger partial charge in [0.2, 0.25) is 5.91 Å². The number of pyridine rings is 1. The van der Waals surface area contributed by atoms with E-state index in [-0.39, 0.29) is 30.0 Å². The summed E-state index contributed by atoms with van der Waals surface area (Å²) in [6.07, 6.45) is 1.99. The van der Waals surface area contributed by atoms with Gasteiger partial charge in [-0.05, 0) is 81.0 Å². The summed E-state index contributed by atoms with van der Waals surface area (Å²) < 4.78 is 1.97. The van der Waals surface area contributed by atoms with Gasteiger partial charge in [0.15, 0.2) is 5.11 Å². The van der Waals surface area contributed by atoms with E-state index in [9.17, 15) is 14.7 Å². The Labute approximate surface area is 238 Å². The predicted octanol–water partition coefficient (Wildman–Crippen LogP) is 5.50. The van der Waals surface area contributed by atoms with Crippen LogP contribution < -0.4 is 10.6 Å². The minimum absolute atomic E-state index is 0.104. The molecule has 0 spiro atoms. The number of aryl methyl sites for hydroxylation is 2. The van der Waals surface area contributed by atoms with E-state index < -0.39 is 5.97 Å². The lowest BCUT2D eigenvalue weighted by molar-refractivity contribution is -0.116. The first-order chi connectivity index (χ1) is 19.2. The van der Waals surface area contributed by atoms with Crippen LogP contribution in [-0.4, -0.2) is 43.1 Å². The number of para-hydroxylation sites is 1. The highest BCUT2D eigenvalue weighted by atomic mass is 32.1. The standard InChI is InChI=1S/C31H31N5O3S/c1-19-11-13-22(14-12-19)33-27(37)15-17-35-29(28(34-31(35)40)25-9-6-7-16-32-25)24-18-20(2)36(21(24)3)26-10-5-4-8-23(26)30(38)39/h4-14,16,18,28-29H,15,17H2,1-3H3,(H,33,37)(H,34,40)(H,38,39)/t28-,29+/m1/s1. The number of anilines is 1. The van der Waals surface area contributed by atoms with E-state index in [0.29, 0.717) is 17.3 Å². The first-order valence-electron chi connectivity index (χ1n) is 13.1. The number of rotatable bonds is 8. The molecule has 2 aromatic carbocycles. The second-order valence-corrected chi connectivity index (χ2v) is 10.4. The van der Waals surface area contributed by atoms with Crippen LogP contribution in [0.5, 0.6) is 0 Å². The maximum atomic E-state index is 12.9. The Balaban J connectivity index is 1.50. The Morgan fingerprint density at radius 1 is 1.02 bits per heavy atom. The smallest absolute Gasteiger partial charge is 0.337 e. The lowest BCUT2D eigenvalue weighted by Gasteiger charge is -2.28. The van der Waals surface area contributed by atoms with Crippen molar-refractivity contribution in [3.63, 3.8) is 0 Å². The van der Waals surface area contributed by atoms with Gasteiger partial charge in [-0.25, -0.2) is 4.79 Å². The van der Waals surface area contributed by atoms with Crippen molar-refractivity contribution < 1.29 is 14.7 Å². The fraction of sp³-hybridized carbons (Fsp3) is 0.226. The number of benzene rings is 2. The molecule has 0 saturated carbocycles. The van der Waals surface area contributed by atoms with E-state index in [0.717, 1.165) is 33.9 Å². The van der Waals surface area contributed by atoms with E-state index in [1.807, 2.05) is 84.8 Å². The third-order valence-corrected chi connectivity index (χ3v) is 7.63. The SMILES string of the molecule is Cc1ccc(NC(=O)CCN2C(=S)N[C@H](c3ccccn3)[C@@H]2c2cc(C)n(-c3ccccc3C(=O)O)c2C)cc1. The number of amides is 1. The third-order valence-electron chi connectivity index (χ3n) is 7.28. The molecule has 8 nitrogen and oxygen atoms in total. The maximum absolute atomic E-state index is 12.9. The molecule has 40 heavy (non-hydrogen) atoms. The van der Waals surface area contributed by atoms with Gasteiger partial charge < -0.3 is 25.2 Å². The van der Waals surface area contributed by atoms with Crippen LogP contribution in [-0.2, 0) is 4.79 Å².